The highest BCUT2D eigenvalue weighted by atomic mass is 16.5. The molecule has 2 heteroatoms. The fourth-order valence-corrected chi connectivity index (χ4v) is 4.32. The Balaban J connectivity index is 1.58. The first-order chi connectivity index (χ1) is 15.8. The maximum atomic E-state index is 12.9. The number of hydrogen-bond donors (Lipinski definition) is 0. The van der Waals surface area contributed by atoms with E-state index in [-0.39, 0.29) is 11.9 Å². The molecule has 2 rings (SSSR count). The fraction of sp³-hybridized carbons (Fsp3) is 0.567. The summed E-state index contributed by atoms with van der Waals surface area (Å²) in [5.41, 5.74) is 1.06. The molecule has 0 saturated heterocycles. The van der Waals surface area contributed by atoms with Gasteiger partial charge in [-0.05, 0) is 24.1 Å². The van der Waals surface area contributed by atoms with Gasteiger partial charge in [-0.25, -0.2) is 0 Å². The first-order valence-corrected chi connectivity index (χ1v) is 13.1. The molecule has 0 amide bonds. The van der Waals surface area contributed by atoms with Crippen LogP contribution in [0.1, 0.15) is 115 Å². The van der Waals surface area contributed by atoms with Crippen LogP contribution in [0.4, 0.5) is 0 Å². The van der Waals surface area contributed by atoms with Crippen LogP contribution in [0.25, 0.3) is 0 Å². The second-order valence-corrected chi connectivity index (χ2v) is 9.08. The van der Waals surface area contributed by atoms with Gasteiger partial charge in [-0.3, -0.25) is 4.79 Å². The Kier molecular flexibility index (Phi) is 14.3. The number of ether oxygens (including phenoxy) is 1. The second-order valence-electron chi connectivity index (χ2n) is 9.08. The molecule has 0 saturated carbocycles. The van der Waals surface area contributed by atoms with Gasteiger partial charge in [-0.2, -0.15) is 0 Å². The molecule has 0 aromatic heterocycles. The third-order valence-corrected chi connectivity index (χ3v) is 6.29. The average molecular weight is 437 g/mol. The predicted octanol–water partition coefficient (Wildman–Crippen LogP) is 9.25. The lowest BCUT2D eigenvalue weighted by Gasteiger charge is -2.16. The molecule has 2 nitrogen and oxygen atoms in total. The average Bonchev–Trinajstić information content (AvgIpc) is 2.83. The summed E-state index contributed by atoms with van der Waals surface area (Å²) in [6, 6.07) is 19.5. The summed E-state index contributed by atoms with van der Waals surface area (Å²) in [5.74, 6) is 0.296. The van der Waals surface area contributed by atoms with E-state index in [1.807, 2.05) is 60.7 Å². The fourth-order valence-electron chi connectivity index (χ4n) is 4.32. The normalized spacial score (nSPS) is 11.9. The highest BCUT2D eigenvalue weighted by Crippen LogP contribution is 2.26. The molecule has 0 bridgehead atoms. The largest absolute Gasteiger partial charge is 0.426 e. The molecular formula is C30H44O2. The Morgan fingerprint density at radius 1 is 0.625 bits per heavy atom. The van der Waals surface area contributed by atoms with Crippen molar-refractivity contribution < 1.29 is 9.53 Å². The first-order valence-electron chi connectivity index (χ1n) is 13.1. The lowest BCUT2D eigenvalue weighted by molar-refractivity contribution is -0.136. The van der Waals surface area contributed by atoms with E-state index >= 15 is 0 Å². The molecule has 0 spiro atoms. The van der Waals surface area contributed by atoms with Gasteiger partial charge in [-0.15, -0.1) is 0 Å². The molecular weight excluding hydrogens is 392 g/mol. The predicted molar refractivity (Wildman–Crippen MR) is 136 cm³/mol. The molecule has 176 valence electrons. The number of hydrogen-bond acceptors (Lipinski definition) is 2. The lowest BCUT2D eigenvalue weighted by atomic mass is 9.93. The summed E-state index contributed by atoms with van der Waals surface area (Å²) in [6.07, 6.45) is 19.7. The van der Waals surface area contributed by atoms with Crippen molar-refractivity contribution in [2.24, 2.45) is 0 Å². The van der Waals surface area contributed by atoms with E-state index in [1.165, 1.54) is 83.5 Å². The molecule has 32 heavy (non-hydrogen) atoms. The van der Waals surface area contributed by atoms with Crippen LogP contribution < -0.4 is 4.74 Å². The number of carbonyl (C=O) groups is 1. The molecule has 0 heterocycles. The number of rotatable bonds is 18. The minimum atomic E-state index is -0.186. The third kappa shape index (κ3) is 11.5. The molecule has 0 fully saturated rings. The van der Waals surface area contributed by atoms with Crippen LogP contribution >= 0.6 is 0 Å². The van der Waals surface area contributed by atoms with Crippen LogP contribution in [0.15, 0.2) is 60.7 Å². The van der Waals surface area contributed by atoms with Gasteiger partial charge in [0.25, 0.3) is 0 Å². The Labute approximate surface area is 196 Å². The molecule has 1 unspecified atom stereocenters. The number of benzene rings is 2. The van der Waals surface area contributed by atoms with Crippen LogP contribution in [0.5, 0.6) is 5.75 Å². The Morgan fingerprint density at radius 2 is 1.06 bits per heavy atom. The minimum Gasteiger partial charge on any atom is -0.426 e. The van der Waals surface area contributed by atoms with Crippen LogP contribution in [0, 0.1) is 0 Å². The zero-order chi connectivity index (χ0) is 22.7. The molecule has 0 radical (unpaired) electrons. The van der Waals surface area contributed by atoms with Gasteiger partial charge in [0.15, 0.2) is 0 Å². The van der Waals surface area contributed by atoms with Crippen molar-refractivity contribution >= 4 is 5.97 Å². The van der Waals surface area contributed by atoms with E-state index < -0.39 is 0 Å². The van der Waals surface area contributed by atoms with E-state index in [2.05, 4.69) is 6.92 Å². The van der Waals surface area contributed by atoms with E-state index in [0.29, 0.717) is 5.75 Å². The van der Waals surface area contributed by atoms with Crippen molar-refractivity contribution in [3.63, 3.8) is 0 Å². The molecule has 0 aliphatic rings. The molecule has 0 N–H and O–H groups in total. The smallest absolute Gasteiger partial charge is 0.318 e. The SMILES string of the molecule is CCCCCCCCCCCCCCCCC(C(=O)Oc1ccccc1)c1ccccc1. The zero-order valence-corrected chi connectivity index (χ0v) is 20.3. The van der Waals surface area contributed by atoms with Crippen LogP contribution in [0.3, 0.4) is 0 Å². The van der Waals surface area contributed by atoms with Crippen molar-refractivity contribution in [1.29, 1.82) is 0 Å². The lowest BCUT2D eigenvalue weighted by Crippen LogP contribution is -2.19. The standard InChI is InChI=1S/C30H44O2/c1-2-3-4-5-6-7-8-9-10-11-12-13-14-21-26-29(27-22-17-15-18-23-27)30(31)32-28-24-19-16-20-25-28/h15-20,22-25,29H,2-14,21,26H2,1H3. The topological polar surface area (TPSA) is 26.3 Å². The number of unbranched alkanes of at least 4 members (excludes halogenated alkanes) is 13. The van der Waals surface area contributed by atoms with Gasteiger partial charge in [0.05, 0.1) is 5.92 Å². The summed E-state index contributed by atoms with van der Waals surface area (Å²) >= 11 is 0. The van der Waals surface area contributed by atoms with Gasteiger partial charge in [-0.1, -0.05) is 145 Å². The van der Waals surface area contributed by atoms with Crippen molar-refractivity contribution in [3.8, 4) is 5.75 Å². The van der Waals surface area contributed by atoms with Gasteiger partial charge < -0.3 is 4.74 Å². The summed E-state index contributed by atoms with van der Waals surface area (Å²) in [5, 5.41) is 0. The van der Waals surface area contributed by atoms with Crippen molar-refractivity contribution in [3.05, 3.63) is 66.2 Å². The van der Waals surface area contributed by atoms with E-state index in [9.17, 15) is 4.79 Å². The maximum absolute atomic E-state index is 12.9. The van der Waals surface area contributed by atoms with E-state index in [0.717, 1.165) is 18.4 Å². The Hall–Kier alpha value is -2.09. The van der Waals surface area contributed by atoms with E-state index in [4.69, 9.17) is 4.74 Å². The van der Waals surface area contributed by atoms with Gasteiger partial charge in [0, 0.05) is 0 Å². The number of para-hydroxylation sites is 1. The number of esters is 1. The van der Waals surface area contributed by atoms with E-state index in [1.54, 1.807) is 0 Å². The number of carbonyl (C=O) groups excluding carboxylic acids is 1. The summed E-state index contributed by atoms with van der Waals surface area (Å²) < 4.78 is 5.66. The Morgan fingerprint density at radius 3 is 1.56 bits per heavy atom. The molecule has 1 atom stereocenters. The molecule has 0 aliphatic carbocycles. The monoisotopic (exact) mass is 436 g/mol. The molecule has 0 aliphatic heterocycles. The van der Waals surface area contributed by atoms with Gasteiger partial charge >= 0.3 is 5.97 Å². The summed E-state index contributed by atoms with van der Waals surface area (Å²) in [7, 11) is 0. The van der Waals surface area contributed by atoms with Crippen molar-refractivity contribution in [2.75, 3.05) is 0 Å². The minimum absolute atomic E-state index is 0.142. The highest BCUT2D eigenvalue weighted by Gasteiger charge is 2.22. The highest BCUT2D eigenvalue weighted by molar-refractivity contribution is 5.80. The van der Waals surface area contributed by atoms with Gasteiger partial charge in [0.1, 0.15) is 5.75 Å². The van der Waals surface area contributed by atoms with Crippen LogP contribution in [-0.2, 0) is 4.79 Å². The summed E-state index contributed by atoms with van der Waals surface area (Å²) in [4.78, 5) is 12.9. The van der Waals surface area contributed by atoms with Crippen LogP contribution in [-0.4, -0.2) is 5.97 Å². The van der Waals surface area contributed by atoms with Gasteiger partial charge in [0.2, 0.25) is 0 Å². The van der Waals surface area contributed by atoms with Crippen molar-refractivity contribution in [1.82, 2.24) is 0 Å². The zero-order valence-electron chi connectivity index (χ0n) is 20.3. The maximum Gasteiger partial charge on any atom is 0.318 e. The third-order valence-electron chi connectivity index (χ3n) is 6.29. The first kappa shape index (κ1) is 26.2. The quantitative estimate of drug-likeness (QED) is 0.132. The Bertz CT molecular complexity index is 695. The summed E-state index contributed by atoms with van der Waals surface area (Å²) in [6.45, 7) is 2.28. The molecule has 2 aromatic carbocycles. The second kappa shape index (κ2) is 17.5. The van der Waals surface area contributed by atoms with Crippen molar-refractivity contribution in [2.45, 2.75) is 109 Å². The molecule has 2 aromatic rings. The van der Waals surface area contributed by atoms with Crippen LogP contribution in [0.2, 0.25) is 0 Å².